The highest BCUT2D eigenvalue weighted by Gasteiger charge is 2.35. The van der Waals surface area contributed by atoms with Gasteiger partial charge in [0.1, 0.15) is 0 Å². The van der Waals surface area contributed by atoms with Crippen LogP contribution in [0.5, 0.6) is 0 Å². The zero-order chi connectivity index (χ0) is 11.8. The van der Waals surface area contributed by atoms with Crippen molar-refractivity contribution in [3.05, 3.63) is 29.3 Å². The molecular weight excluding hydrogens is 224 g/mol. The highest BCUT2D eigenvalue weighted by atomic mass is 32.2. The summed E-state index contributed by atoms with van der Waals surface area (Å²) in [5.74, 6) is 0. The lowest BCUT2D eigenvalue weighted by molar-refractivity contribution is 0.600. The van der Waals surface area contributed by atoms with Gasteiger partial charge in [-0.2, -0.15) is 5.26 Å². The molecule has 0 aromatic heterocycles. The zero-order valence-corrected chi connectivity index (χ0v) is 9.71. The highest BCUT2D eigenvalue weighted by Crippen LogP contribution is 2.30. The smallest absolute Gasteiger partial charge is 0.235 e. The molecule has 0 amide bonds. The normalized spacial score (nSPS) is 15.5. The SMILES string of the molecule is Cc1ccc(C#N)cc1NS(=O)(=O)C1CC1. The zero-order valence-electron chi connectivity index (χ0n) is 8.90. The van der Waals surface area contributed by atoms with Gasteiger partial charge in [0, 0.05) is 0 Å². The van der Waals surface area contributed by atoms with E-state index in [0.29, 0.717) is 11.3 Å². The van der Waals surface area contributed by atoms with Crippen molar-refractivity contribution in [1.29, 1.82) is 5.26 Å². The Hall–Kier alpha value is -1.54. The molecule has 1 aromatic carbocycles. The summed E-state index contributed by atoms with van der Waals surface area (Å²) in [6.07, 6.45) is 1.46. The minimum absolute atomic E-state index is 0.252. The lowest BCUT2D eigenvalue weighted by Crippen LogP contribution is -2.18. The van der Waals surface area contributed by atoms with Crippen molar-refractivity contribution >= 4 is 15.7 Å². The Morgan fingerprint density at radius 3 is 2.69 bits per heavy atom. The van der Waals surface area contributed by atoms with Gasteiger partial charge < -0.3 is 0 Å². The molecule has 16 heavy (non-hydrogen) atoms. The van der Waals surface area contributed by atoms with Gasteiger partial charge in [0.15, 0.2) is 0 Å². The van der Waals surface area contributed by atoms with E-state index >= 15 is 0 Å². The van der Waals surface area contributed by atoms with Crippen LogP contribution in [0.3, 0.4) is 0 Å². The second-order valence-corrected chi connectivity index (χ2v) is 5.95. The molecule has 4 nitrogen and oxygen atoms in total. The van der Waals surface area contributed by atoms with Gasteiger partial charge in [-0.1, -0.05) is 6.07 Å². The number of hydrogen-bond acceptors (Lipinski definition) is 3. The van der Waals surface area contributed by atoms with Crippen molar-refractivity contribution < 1.29 is 8.42 Å². The monoisotopic (exact) mass is 236 g/mol. The van der Waals surface area contributed by atoms with Crippen LogP contribution in [0, 0.1) is 18.3 Å². The van der Waals surface area contributed by atoms with Crippen LogP contribution in [-0.4, -0.2) is 13.7 Å². The first-order valence-corrected chi connectivity index (χ1v) is 6.60. The molecule has 1 aliphatic carbocycles. The Kier molecular flexibility index (Phi) is 2.60. The number of nitrogens with zero attached hydrogens (tertiary/aromatic N) is 1. The van der Waals surface area contributed by atoms with Crippen LogP contribution in [-0.2, 0) is 10.0 Å². The van der Waals surface area contributed by atoms with Crippen molar-refractivity contribution in [3.8, 4) is 6.07 Å². The van der Waals surface area contributed by atoms with Gasteiger partial charge in [0.05, 0.1) is 22.6 Å². The van der Waals surface area contributed by atoms with Crippen LogP contribution in [0.1, 0.15) is 24.0 Å². The molecule has 0 bridgehead atoms. The standard InChI is InChI=1S/C11H12N2O2S/c1-8-2-3-9(7-12)6-11(8)13-16(14,15)10-4-5-10/h2-3,6,10,13H,4-5H2,1H3. The third-order valence-electron chi connectivity index (χ3n) is 2.58. The van der Waals surface area contributed by atoms with Crippen LogP contribution in [0.4, 0.5) is 5.69 Å². The number of hydrogen-bond donors (Lipinski definition) is 1. The Morgan fingerprint density at radius 1 is 1.44 bits per heavy atom. The van der Waals surface area contributed by atoms with E-state index in [1.165, 1.54) is 0 Å². The molecule has 84 valence electrons. The number of anilines is 1. The number of rotatable bonds is 3. The quantitative estimate of drug-likeness (QED) is 0.869. The van der Waals surface area contributed by atoms with Crippen LogP contribution < -0.4 is 4.72 Å². The average molecular weight is 236 g/mol. The Morgan fingerprint density at radius 2 is 2.12 bits per heavy atom. The molecule has 1 aliphatic rings. The van der Waals surface area contributed by atoms with Gasteiger partial charge >= 0.3 is 0 Å². The second kappa shape index (κ2) is 3.80. The topological polar surface area (TPSA) is 70.0 Å². The third-order valence-corrected chi connectivity index (χ3v) is 4.44. The maximum absolute atomic E-state index is 11.7. The van der Waals surface area contributed by atoms with Gasteiger partial charge in [-0.15, -0.1) is 0 Å². The van der Waals surface area contributed by atoms with E-state index < -0.39 is 10.0 Å². The van der Waals surface area contributed by atoms with Crippen LogP contribution in [0.2, 0.25) is 0 Å². The van der Waals surface area contributed by atoms with E-state index in [-0.39, 0.29) is 5.25 Å². The lowest BCUT2D eigenvalue weighted by atomic mass is 10.1. The van der Waals surface area contributed by atoms with Gasteiger partial charge in [-0.25, -0.2) is 8.42 Å². The maximum Gasteiger partial charge on any atom is 0.235 e. The first-order chi connectivity index (χ1) is 7.53. The fourth-order valence-electron chi connectivity index (χ4n) is 1.42. The molecule has 5 heteroatoms. The average Bonchev–Trinajstić information content (AvgIpc) is 3.04. The minimum Gasteiger partial charge on any atom is -0.283 e. The summed E-state index contributed by atoms with van der Waals surface area (Å²) in [4.78, 5) is 0. The molecule has 1 N–H and O–H groups in total. The van der Waals surface area contributed by atoms with Crippen molar-refractivity contribution in [2.75, 3.05) is 4.72 Å². The first-order valence-electron chi connectivity index (χ1n) is 5.05. The predicted molar refractivity (Wildman–Crippen MR) is 61.5 cm³/mol. The molecular formula is C11H12N2O2S. The van der Waals surface area contributed by atoms with Crippen molar-refractivity contribution in [3.63, 3.8) is 0 Å². The minimum atomic E-state index is -3.25. The second-order valence-electron chi connectivity index (χ2n) is 3.99. The number of benzene rings is 1. The highest BCUT2D eigenvalue weighted by molar-refractivity contribution is 7.93. The lowest BCUT2D eigenvalue weighted by Gasteiger charge is -2.09. The van der Waals surface area contributed by atoms with Crippen molar-refractivity contribution in [1.82, 2.24) is 0 Å². The first kappa shape index (κ1) is 11.0. The van der Waals surface area contributed by atoms with Crippen molar-refractivity contribution in [2.24, 2.45) is 0 Å². The summed E-state index contributed by atoms with van der Waals surface area (Å²) in [5.41, 5.74) is 1.79. The summed E-state index contributed by atoms with van der Waals surface area (Å²) in [5, 5.41) is 8.49. The third kappa shape index (κ3) is 2.17. The van der Waals surface area contributed by atoms with E-state index in [1.54, 1.807) is 18.2 Å². The summed E-state index contributed by atoms with van der Waals surface area (Å²) >= 11 is 0. The van der Waals surface area contributed by atoms with E-state index in [2.05, 4.69) is 4.72 Å². The Bertz CT molecular complexity index is 554. The van der Waals surface area contributed by atoms with Gasteiger partial charge in [-0.3, -0.25) is 4.72 Å². The van der Waals surface area contributed by atoms with E-state index in [9.17, 15) is 8.42 Å². The van der Waals surface area contributed by atoms with Crippen LogP contribution in [0.15, 0.2) is 18.2 Å². The molecule has 2 rings (SSSR count). The molecule has 0 saturated heterocycles. The fraction of sp³-hybridized carbons (Fsp3) is 0.364. The molecule has 0 atom stereocenters. The molecule has 0 aliphatic heterocycles. The number of nitrogens with one attached hydrogen (secondary N) is 1. The molecule has 1 saturated carbocycles. The fourth-order valence-corrected chi connectivity index (χ4v) is 2.87. The molecule has 0 heterocycles. The van der Waals surface area contributed by atoms with E-state index in [1.807, 2.05) is 13.0 Å². The summed E-state index contributed by atoms with van der Waals surface area (Å²) in [7, 11) is -3.25. The molecule has 1 aromatic rings. The van der Waals surface area contributed by atoms with E-state index in [4.69, 9.17) is 5.26 Å². The summed E-state index contributed by atoms with van der Waals surface area (Å²) in [6.45, 7) is 1.81. The van der Waals surface area contributed by atoms with Gasteiger partial charge in [0.25, 0.3) is 0 Å². The molecule has 1 fully saturated rings. The van der Waals surface area contributed by atoms with Gasteiger partial charge in [0.2, 0.25) is 10.0 Å². The van der Waals surface area contributed by atoms with Crippen LogP contribution in [0.25, 0.3) is 0 Å². The Labute approximate surface area is 95.0 Å². The molecule has 0 spiro atoms. The summed E-state index contributed by atoms with van der Waals surface area (Å²) in [6, 6.07) is 6.97. The van der Waals surface area contributed by atoms with E-state index in [0.717, 1.165) is 18.4 Å². The van der Waals surface area contributed by atoms with Crippen LogP contribution >= 0.6 is 0 Å². The number of sulfonamides is 1. The predicted octanol–water partition coefficient (Wildman–Crippen LogP) is 1.77. The van der Waals surface area contributed by atoms with Crippen molar-refractivity contribution in [2.45, 2.75) is 25.0 Å². The number of nitriles is 1. The number of aryl methyl sites for hydroxylation is 1. The molecule has 0 unspecified atom stereocenters. The van der Waals surface area contributed by atoms with Gasteiger partial charge in [-0.05, 0) is 37.5 Å². The maximum atomic E-state index is 11.7. The summed E-state index contributed by atoms with van der Waals surface area (Å²) < 4.78 is 26.0. The molecule has 0 radical (unpaired) electrons. The largest absolute Gasteiger partial charge is 0.283 e. The Balaban J connectivity index is 2.30.